The highest BCUT2D eigenvalue weighted by molar-refractivity contribution is 7.88. The van der Waals surface area contributed by atoms with E-state index in [1.54, 1.807) is 6.33 Å². The van der Waals surface area contributed by atoms with Crippen molar-refractivity contribution in [3.05, 3.63) is 17.7 Å². The molecule has 1 aromatic rings. The van der Waals surface area contributed by atoms with Gasteiger partial charge in [-0.2, -0.15) is 17.5 Å². The third-order valence-electron chi connectivity index (χ3n) is 4.92. The van der Waals surface area contributed by atoms with Crippen molar-refractivity contribution in [2.24, 2.45) is 13.0 Å². The van der Waals surface area contributed by atoms with Crippen molar-refractivity contribution >= 4 is 16.0 Å². The van der Waals surface area contributed by atoms with Crippen LogP contribution in [0.5, 0.6) is 0 Å². The molecule has 0 bridgehead atoms. The van der Waals surface area contributed by atoms with Crippen molar-refractivity contribution in [2.45, 2.75) is 31.5 Å². The van der Waals surface area contributed by atoms with Gasteiger partial charge in [0.1, 0.15) is 0 Å². The van der Waals surface area contributed by atoms with Crippen LogP contribution in [-0.2, 0) is 37.9 Å². The number of hydrogen-bond acceptors (Lipinski definition) is 6. The van der Waals surface area contributed by atoms with E-state index < -0.39 is 22.2 Å². The number of aromatic nitrogens is 2. The standard InChI is InChI=1S/C15H25N3O4S.C2HF3O2/c1-17-11-16-14-8-18(23(2,19)20)7-13(15(14)17)10-22-9-12-3-5-21-6-4-12;3-2(4,5)1(6)7/h11-13H,3-10H2,1-2H3;(H,6,7). The Morgan fingerprint density at radius 2 is 1.93 bits per heavy atom. The number of hydrogen-bond donors (Lipinski definition) is 1. The molecule has 0 spiro atoms. The van der Waals surface area contributed by atoms with Gasteiger partial charge in [-0.25, -0.2) is 18.2 Å². The Morgan fingerprint density at radius 1 is 1.33 bits per heavy atom. The topological polar surface area (TPSA) is 111 Å². The third kappa shape index (κ3) is 6.93. The molecule has 1 unspecified atom stereocenters. The number of aliphatic carboxylic acids is 1. The number of nitrogens with zero attached hydrogens (tertiary/aromatic N) is 3. The Kier molecular flexibility index (Phi) is 8.25. The maximum absolute atomic E-state index is 11.9. The number of halogens is 3. The Balaban J connectivity index is 0.000000396. The van der Waals surface area contributed by atoms with E-state index in [2.05, 4.69) is 4.98 Å². The molecule has 1 saturated heterocycles. The maximum atomic E-state index is 11.9. The molecule has 13 heteroatoms. The number of alkyl halides is 3. The minimum absolute atomic E-state index is 0.0285. The fraction of sp³-hybridized carbons (Fsp3) is 0.765. The van der Waals surface area contributed by atoms with Crippen molar-refractivity contribution < 1.29 is 41.0 Å². The van der Waals surface area contributed by atoms with Gasteiger partial charge in [0.25, 0.3) is 0 Å². The summed E-state index contributed by atoms with van der Waals surface area (Å²) in [6.07, 6.45) is -0.00300. The van der Waals surface area contributed by atoms with Crippen molar-refractivity contribution in [1.29, 1.82) is 0 Å². The number of rotatable bonds is 5. The van der Waals surface area contributed by atoms with Gasteiger partial charge in [-0.05, 0) is 18.8 Å². The van der Waals surface area contributed by atoms with Crippen LogP contribution >= 0.6 is 0 Å². The van der Waals surface area contributed by atoms with Gasteiger partial charge in [-0.15, -0.1) is 0 Å². The highest BCUT2D eigenvalue weighted by atomic mass is 32.2. The van der Waals surface area contributed by atoms with Crippen molar-refractivity contribution in [3.63, 3.8) is 0 Å². The van der Waals surface area contributed by atoms with Crippen LogP contribution in [0.2, 0.25) is 0 Å². The zero-order chi connectivity index (χ0) is 22.5. The van der Waals surface area contributed by atoms with Crippen molar-refractivity contribution in [3.8, 4) is 0 Å². The number of carboxylic acid groups (broad SMARTS) is 1. The molecule has 172 valence electrons. The number of carbonyl (C=O) groups is 1. The molecule has 0 aliphatic carbocycles. The first-order valence-electron chi connectivity index (χ1n) is 9.30. The predicted octanol–water partition coefficient (Wildman–Crippen LogP) is 1.36. The second-order valence-corrected chi connectivity index (χ2v) is 9.32. The van der Waals surface area contributed by atoms with Gasteiger partial charge in [-0.3, -0.25) is 0 Å². The Hall–Kier alpha value is -1.70. The molecule has 0 amide bonds. The van der Waals surface area contributed by atoms with Crippen LogP contribution in [0.15, 0.2) is 6.33 Å². The first kappa shape index (κ1) is 24.6. The summed E-state index contributed by atoms with van der Waals surface area (Å²) in [5.74, 6) is -2.18. The molecule has 9 nitrogen and oxygen atoms in total. The fourth-order valence-electron chi connectivity index (χ4n) is 3.37. The van der Waals surface area contributed by atoms with Gasteiger partial charge in [0.15, 0.2) is 0 Å². The Labute approximate surface area is 172 Å². The average Bonchev–Trinajstić information content (AvgIpc) is 3.03. The summed E-state index contributed by atoms with van der Waals surface area (Å²) in [6, 6.07) is 0. The van der Waals surface area contributed by atoms with E-state index in [4.69, 9.17) is 19.4 Å². The monoisotopic (exact) mass is 457 g/mol. The molecule has 3 heterocycles. The molecule has 1 fully saturated rings. The van der Waals surface area contributed by atoms with Crippen LogP contribution in [0.3, 0.4) is 0 Å². The quantitative estimate of drug-likeness (QED) is 0.711. The number of ether oxygens (including phenoxy) is 2. The number of imidazole rings is 1. The van der Waals surface area contributed by atoms with Crippen molar-refractivity contribution in [2.75, 3.05) is 39.2 Å². The lowest BCUT2D eigenvalue weighted by atomic mass is 10.00. The minimum Gasteiger partial charge on any atom is -0.475 e. The zero-order valence-corrected chi connectivity index (χ0v) is 17.6. The van der Waals surface area contributed by atoms with Gasteiger partial charge in [0.2, 0.25) is 10.0 Å². The summed E-state index contributed by atoms with van der Waals surface area (Å²) >= 11 is 0. The third-order valence-corrected chi connectivity index (χ3v) is 6.14. The number of sulfonamides is 1. The van der Waals surface area contributed by atoms with Gasteiger partial charge in [0.05, 0.1) is 31.4 Å². The SMILES string of the molecule is Cn1cnc2c1C(COCC1CCOCC1)CN(S(C)(=O)=O)C2.O=C(O)C(F)(F)F. The Bertz CT molecular complexity index is 821. The molecule has 0 radical (unpaired) electrons. The predicted molar refractivity (Wildman–Crippen MR) is 99.3 cm³/mol. The van der Waals surface area contributed by atoms with E-state index in [1.807, 2.05) is 11.6 Å². The molecular weight excluding hydrogens is 431 g/mol. The highest BCUT2D eigenvalue weighted by Gasteiger charge is 2.38. The second-order valence-electron chi connectivity index (χ2n) is 7.34. The summed E-state index contributed by atoms with van der Waals surface area (Å²) < 4.78 is 70.3. The average molecular weight is 457 g/mol. The van der Waals surface area contributed by atoms with E-state index in [9.17, 15) is 21.6 Å². The summed E-state index contributed by atoms with van der Waals surface area (Å²) in [6.45, 7) is 3.67. The Morgan fingerprint density at radius 3 is 2.47 bits per heavy atom. The van der Waals surface area contributed by atoms with Crippen LogP contribution in [0, 0.1) is 5.92 Å². The van der Waals surface area contributed by atoms with Gasteiger partial charge < -0.3 is 19.1 Å². The highest BCUT2D eigenvalue weighted by Crippen LogP contribution is 2.29. The van der Waals surface area contributed by atoms with E-state index in [0.717, 1.165) is 37.4 Å². The molecule has 0 saturated carbocycles. The molecule has 30 heavy (non-hydrogen) atoms. The summed E-state index contributed by atoms with van der Waals surface area (Å²) in [4.78, 5) is 13.2. The maximum Gasteiger partial charge on any atom is 0.490 e. The van der Waals surface area contributed by atoms with Crippen LogP contribution in [0.1, 0.15) is 30.1 Å². The normalized spacial score (nSPS) is 20.9. The molecule has 0 aromatic carbocycles. The van der Waals surface area contributed by atoms with E-state index in [-0.39, 0.29) is 5.92 Å². The van der Waals surface area contributed by atoms with Crippen molar-refractivity contribution in [1.82, 2.24) is 13.9 Å². The molecule has 2 aliphatic heterocycles. The van der Waals surface area contributed by atoms with E-state index in [0.29, 0.717) is 32.2 Å². The molecule has 2 aliphatic rings. The van der Waals surface area contributed by atoms with Gasteiger partial charge >= 0.3 is 12.1 Å². The number of fused-ring (bicyclic) bond motifs is 1. The van der Waals surface area contributed by atoms with Gasteiger partial charge in [0, 0.05) is 45.0 Å². The van der Waals surface area contributed by atoms with Crippen LogP contribution in [-0.4, -0.2) is 78.8 Å². The first-order valence-corrected chi connectivity index (χ1v) is 11.1. The fourth-order valence-corrected chi connectivity index (χ4v) is 4.18. The van der Waals surface area contributed by atoms with Crippen LogP contribution in [0.4, 0.5) is 13.2 Å². The molecule has 3 rings (SSSR count). The van der Waals surface area contributed by atoms with E-state index in [1.165, 1.54) is 10.6 Å². The second kappa shape index (κ2) is 10.1. The molecule has 1 N–H and O–H groups in total. The smallest absolute Gasteiger partial charge is 0.475 e. The lowest BCUT2D eigenvalue weighted by molar-refractivity contribution is -0.192. The molecule has 1 atom stereocenters. The summed E-state index contributed by atoms with van der Waals surface area (Å²) in [5, 5.41) is 7.12. The van der Waals surface area contributed by atoms with Crippen LogP contribution < -0.4 is 0 Å². The lowest BCUT2D eigenvalue weighted by Crippen LogP contribution is -2.39. The summed E-state index contributed by atoms with van der Waals surface area (Å²) in [5.41, 5.74) is 1.93. The molecular formula is C17H26F3N3O6S. The lowest BCUT2D eigenvalue weighted by Gasteiger charge is -2.31. The minimum atomic E-state index is -5.08. The van der Waals surface area contributed by atoms with Gasteiger partial charge in [-0.1, -0.05) is 0 Å². The largest absolute Gasteiger partial charge is 0.490 e. The molecule has 1 aromatic heterocycles. The summed E-state index contributed by atoms with van der Waals surface area (Å²) in [7, 11) is -1.27. The zero-order valence-electron chi connectivity index (χ0n) is 16.8. The number of carboxylic acids is 1. The van der Waals surface area contributed by atoms with Crippen LogP contribution in [0.25, 0.3) is 0 Å². The van der Waals surface area contributed by atoms with E-state index >= 15 is 0 Å². The first-order chi connectivity index (χ1) is 13.9. The number of aryl methyl sites for hydroxylation is 1.